The molecule has 0 saturated carbocycles. The van der Waals surface area contributed by atoms with Crippen molar-refractivity contribution in [2.75, 3.05) is 19.1 Å². The van der Waals surface area contributed by atoms with E-state index in [4.69, 9.17) is 10.5 Å². The van der Waals surface area contributed by atoms with Crippen molar-refractivity contribution in [3.05, 3.63) is 69.6 Å². The molecular formula is C27H24N4O7S. The number of anilines is 1. The molecule has 2 aromatic carbocycles. The Kier molecular flexibility index (Phi) is 7.58. The topological polar surface area (TPSA) is 168 Å². The third kappa shape index (κ3) is 5.14. The molecule has 3 aromatic rings. The fraction of sp³-hybridized carbons (Fsp3) is 0.185. The second-order valence-electron chi connectivity index (χ2n) is 8.61. The SMILES string of the molecule is C/N=C\c1c(N2C(=O)c3ccc(C(=O)N[C@@H](CC(N)=O)C(=O)O)cc3C2=O)sc(C)c1-c1ccc(OC)cc1. The molecule has 1 aliphatic rings. The first-order valence-electron chi connectivity index (χ1n) is 11.6. The molecule has 4 amide bonds. The Bertz CT molecular complexity index is 1540. The second-order valence-corrected chi connectivity index (χ2v) is 9.81. The van der Waals surface area contributed by atoms with Gasteiger partial charge in [0.1, 0.15) is 16.8 Å². The van der Waals surface area contributed by atoms with E-state index in [0.717, 1.165) is 20.9 Å². The van der Waals surface area contributed by atoms with E-state index in [0.29, 0.717) is 16.3 Å². The second kappa shape index (κ2) is 10.9. The van der Waals surface area contributed by atoms with E-state index in [1.54, 1.807) is 20.4 Å². The van der Waals surface area contributed by atoms with E-state index in [-0.39, 0.29) is 16.7 Å². The molecule has 4 rings (SSSR count). The predicted molar refractivity (Wildman–Crippen MR) is 145 cm³/mol. The minimum Gasteiger partial charge on any atom is -0.497 e. The number of carboxylic acids is 1. The number of nitrogens with zero attached hydrogens (tertiary/aromatic N) is 2. The number of carbonyl (C=O) groups excluding carboxylic acids is 4. The Morgan fingerprint density at radius 2 is 1.79 bits per heavy atom. The Morgan fingerprint density at radius 1 is 1.13 bits per heavy atom. The molecule has 1 aliphatic heterocycles. The summed E-state index contributed by atoms with van der Waals surface area (Å²) in [5, 5.41) is 11.9. The van der Waals surface area contributed by atoms with Gasteiger partial charge in [0.05, 0.1) is 24.7 Å². The zero-order valence-corrected chi connectivity index (χ0v) is 22.0. The van der Waals surface area contributed by atoms with E-state index in [9.17, 15) is 29.1 Å². The van der Waals surface area contributed by atoms with Crippen LogP contribution in [0.5, 0.6) is 5.75 Å². The normalized spacial score (nSPS) is 13.5. The number of imide groups is 1. The van der Waals surface area contributed by atoms with Gasteiger partial charge in [0.15, 0.2) is 0 Å². The van der Waals surface area contributed by atoms with Gasteiger partial charge < -0.3 is 20.9 Å². The molecule has 0 unspecified atom stereocenters. The summed E-state index contributed by atoms with van der Waals surface area (Å²) in [6.45, 7) is 1.88. The first-order chi connectivity index (χ1) is 18.6. The number of primary amides is 1. The number of thiophene rings is 1. The van der Waals surface area contributed by atoms with Crippen LogP contribution in [-0.2, 0) is 9.59 Å². The number of hydrogen-bond acceptors (Lipinski definition) is 8. The van der Waals surface area contributed by atoms with Gasteiger partial charge in [0.2, 0.25) is 5.91 Å². The van der Waals surface area contributed by atoms with Crippen molar-refractivity contribution >= 4 is 52.2 Å². The number of ether oxygens (including phenoxy) is 1. The zero-order valence-electron chi connectivity index (χ0n) is 21.2. The van der Waals surface area contributed by atoms with Crippen molar-refractivity contribution in [2.24, 2.45) is 10.7 Å². The maximum atomic E-state index is 13.5. The molecule has 1 atom stereocenters. The van der Waals surface area contributed by atoms with Gasteiger partial charge >= 0.3 is 5.97 Å². The smallest absolute Gasteiger partial charge is 0.326 e. The van der Waals surface area contributed by atoms with E-state index in [2.05, 4.69) is 10.3 Å². The van der Waals surface area contributed by atoms with Crippen LogP contribution in [-0.4, -0.2) is 61.1 Å². The number of methoxy groups -OCH3 is 1. The summed E-state index contributed by atoms with van der Waals surface area (Å²) in [5.41, 5.74) is 7.36. The number of fused-ring (bicyclic) bond motifs is 1. The van der Waals surface area contributed by atoms with Crippen LogP contribution in [0, 0.1) is 6.92 Å². The fourth-order valence-corrected chi connectivity index (χ4v) is 5.43. The Hall–Kier alpha value is -4.84. The number of hydrogen-bond donors (Lipinski definition) is 3. The molecule has 0 bridgehead atoms. The van der Waals surface area contributed by atoms with Crippen LogP contribution in [0.15, 0.2) is 47.5 Å². The first-order valence-corrected chi connectivity index (χ1v) is 12.4. The number of benzene rings is 2. The van der Waals surface area contributed by atoms with Crippen molar-refractivity contribution in [3.63, 3.8) is 0 Å². The number of aryl methyl sites for hydroxylation is 1. The molecule has 200 valence electrons. The first kappa shape index (κ1) is 27.2. The van der Waals surface area contributed by atoms with Crippen LogP contribution in [0.2, 0.25) is 0 Å². The molecule has 11 nitrogen and oxygen atoms in total. The molecule has 12 heteroatoms. The maximum Gasteiger partial charge on any atom is 0.326 e. The highest BCUT2D eigenvalue weighted by Crippen LogP contribution is 2.43. The molecular weight excluding hydrogens is 524 g/mol. The lowest BCUT2D eigenvalue weighted by Gasteiger charge is -2.13. The van der Waals surface area contributed by atoms with Gasteiger partial charge in [-0.1, -0.05) is 12.1 Å². The van der Waals surface area contributed by atoms with Crippen molar-refractivity contribution < 1.29 is 33.8 Å². The molecule has 39 heavy (non-hydrogen) atoms. The summed E-state index contributed by atoms with van der Waals surface area (Å²) in [7, 11) is 3.16. The van der Waals surface area contributed by atoms with Gasteiger partial charge in [0.25, 0.3) is 17.7 Å². The lowest BCUT2D eigenvalue weighted by atomic mass is 10.0. The average molecular weight is 549 g/mol. The molecule has 4 N–H and O–H groups in total. The maximum absolute atomic E-state index is 13.5. The number of rotatable bonds is 9. The van der Waals surface area contributed by atoms with Gasteiger partial charge in [-0.2, -0.15) is 0 Å². The van der Waals surface area contributed by atoms with Crippen LogP contribution in [0.3, 0.4) is 0 Å². The summed E-state index contributed by atoms with van der Waals surface area (Å²) in [6, 6.07) is 9.71. The number of nitrogens with two attached hydrogens (primary N) is 1. The summed E-state index contributed by atoms with van der Waals surface area (Å²) in [4.78, 5) is 68.2. The molecule has 0 spiro atoms. The van der Waals surface area contributed by atoms with Gasteiger partial charge in [-0.15, -0.1) is 11.3 Å². The third-order valence-electron chi connectivity index (χ3n) is 6.10. The highest BCUT2D eigenvalue weighted by atomic mass is 32.1. The van der Waals surface area contributed by atoms with E-state index < -0.39 is 42.1 Å². The Labute approximate surface area is 226 Å². The molecule has 0 radical (unpaired) electrons. The van der Waals surface area contributed by atoms with Gasteiger partial charge in [-0.25, -0.2) is 9.69 Å². The van der Waals surface area contributed by atoms with Crippen molar-refractivity contribution in [3.8, 4) is 16.9 Å². The predicted octanol–water partition coefficient (Wildman–Crippen LogP) is 2.64. The van der Waals surface area contributed by atoms with Crippen LogP contribution >= 0.6 is 11.3 Å². The molecule has 0 saturated heterocycles. The zero-order chi connectivity index (χ0) is 28.4. The van der Waals surface area contributed by atoms with Crippen LogP contribution in [0.4, 0.5) is 5.00 Å². The largest absolute Gasteiger partial charge is 0.497 e. The lowest BCUT2D eigenvalue weighted by Crippen LogP contribution is -2.43. The summed E-state index contributed by atoms with van der Waals surface area (Å²) >= 11 is 1.26. The Morgan fingerprint density at radius 3 is 2.38 bits per heavy atom. The molecule has 1 aromatic heterocycles. The van der Waals surface area contributed by atoms with Crippen LogP contribution in [0.1, 0.15) is 47.9 Å². The minimum absolute atomic E-state index is 0.00846. The monoisotopic (exact) mass is 548 g/mol. The van der Waals surface area contributed by atoms with Crippen LogP contribution in [0.25, 0.3) is 11.1 Å². The average Bonchev–Trinajstić information content (AvgIpc) is 3.35. The highest BCUT2D eigenvalue weighted by molar-refractivity contribution is 7.17. The van der Waals surface area contributed by atoms with Gasteiger partial charge in [-0.05, 0) is 42.8 Å². The molecule has 0 aliphatic carbocycles. The van der Waals surface area contributed by atoms with E-state index >= 15 is 0 Å². The number of aliphatic carboxylic acids is 1. The lowest BCUT2D eigenvalue weighted by molar-refractivity contribution is -0.140. The van der Waals surface area contributed by atoms with Gasteiger partial charge in [0, 0.05) is 34.8 Å². The number of amides is 4. The summed E-state index contributed by atoms with van der Waals surface area (Å²) in [6.07, 6.45) is 0.985. The quantitative estimate of drug-likeness (QED) is 0.273. The number of carboxylic acid groups (broad SMARTS) is 1. The summed E-state index contributed by atoms with van der Waals surface area (Å²) < 4.78 is 5.24. The van der Waals surface area contributed by atoms with Crippen LogP contribution < -0.4 is 20.7 Å². The number of aliphatic imine (C=N–C) groups is 1. The standard InChI is InChI=1S/C27H24N4O7S/c1-13-22(14-4-7-16(38-3)8-5-14)19(12-29-2)26(39-13)31-24(34)17-9-6-15(10-18(17)25(31)35)23(33)30-20(27(36)37)11-21(28)32/h4-10,12,20H,11H2,1-3H3,(H2,28,32)(H,30,33)(H,36,37)/b29-12-/t20-/m0/s1. The minimum atomic E-state index is -1.54. The molecule has 2 heterocycles. The van der Waals surface area contributed by atoms with Crippen molar-refractivity contribution in [1.29, 1.82) is 0 Å². The van der Waals surface area contributed by atoms with E-state index in [1.807, 2.05) is 31.2 Å². The van der Waals surface area contributed by atoms with Crippen molar-refractivity contribution in [1.82, 2.24) is 5.32 Å². The van der Waals surface area contributed by atoms with E-state index in [1.165, 1.54) is 29.5 Å². The number of nitrogens with one attached hydrogen (secondary N) is 1. The van der Waals surface area contributed by atoms with Gasteiger partial charge in [-0.3, -0.25) is 24.2 Å². The Balaban J connectivity index is 1.71. The summed E-state index contributed by atoms with van der Waals surface area (Å²) in [5.74, 6) is -3.69. The number of carbonyl (C=O) groups is 5. The molecule has 0 fully saturated rings. The highest BCUT2D eigenvalue weighted by Gasteiger charge is 2.40. The van der Waals surface area contributed by atoms with Crippen molar-refractivity contribution in [2.45, 2.75) is 19.4 Å². The third-order valence-corrected chi connectivity index (χ3v) is 7.21. The fourth-order valence-electron chi connectivity index (χ4n) is 4.29.